The highest BCUT2D eigenvalue weighted by atomic mass is 32.2. The molecule has 0 aromatic heterocycles. The number of sulfonamides is 1. The van der Waals surface area contributed by atoms with Gasteiger partial charge in [-0.05, 0) is 84.1 Å². The second kappa shape index (κ2) is 10.5. The molecule has 192 valence electrons. The average Bonchev–Trinajstić information content (AvgIpc) is 2.77. The van der Waals surface area contributed by atoms with Gasteiger partial charge in [-0.15, -0.1) is 0 Å². The predicted octanol–water partition coefficient (Wildman–Crippen LogP) is 4.03. The van der Waals surface area contributed by atoms with E-state index in [9.17, 15) is 13.2 Å². The van der Waals surface area contributed by atoms with Crippen molar-refractivity contribution in [2.45, 2.75) is 95.2 Å². The first kappa shape index (κ1) is 27.0. The van der Waals surface area contributed by atoms with Crippen molar-refractivity contribution in [2.24, 2.45) is 5.92 Å². The van der Waals surface area contributed by atoms with Crippen LogP contribution in [0.1, 0.15) is 73.1 Å². The van der Waals surface area contributed by atoms with E-state index >= 15 is 0 Å². The third-order valence-electron chi connectivity index (χ3n) is 7.15. The molecule has 34 heavy (non-hydrogen) atoms. The second-order valence-corrected chi connectivity index (χ2v) is 13.1. The van der Waals surface area contributed by atoms with Crippen molar-refractivity contribution < 1.29 is 17.9 Å². The lowest BCUT2D eigenvalue weighted by Crippen LogP contribution is -2.63. The van der Waals surface area contributed by atoms with Crippen LogP contribution in [-0.4, -0.2) is 67.4 Å². The fourth-order valence-corrected chi connectivity index (χ4v) is 7.23. The molecular formula is C26H43N3O4S. The van der Waals surface area contributed by atoms with Crippen molar-refractivity contribution in [3.63, 3.8) is 0 Å². The van der Waals surface area contributed by atoms with Gasteiger partial charge in [0.25, 0.3) is 0 Å². The number of carbonyl (C=O) groups excluding carboxylic acids is 1. The minimum atomic E-state index is -3.58. The zero-order valence-electron chi connectivity index (χ0n) is 21.8. The maximum Gasteiger partial charge on any atom is 0.243 e. The number of carbonyl (C=O) groups is 1. The smallest absolute Gasteiger partial charge is 0.243 e. The number of piperidine rings is 2. The van der Waals surface area contributed by atoms with E-state index in [2.05, 4.69) is 44.8 Å². The summed E-state index contributed by atoms with van der Waals surface area (Å²) in [5, 5.41) is 3.72. The Labute approximate surface area is 206 Å². The minimum absolute atomic E-state index is 0.0348. The molecule has 1 amide bonds. The number of amides is 1. The maximum absolute atomic E-state index is 13.7. The van der Waals surface area contributed by atoms with E-state index < -0.39 is 10.0 Å². The monoisotopic (exact) mass is 493 g/mol. The zero-order chi connectivity index (χ0) is 25.1. The maximum atomic E-state index is 13.7. The third kappa shape index (κ3) is 6.32. The Kier molecular flexibility index (Phi) is 8.36. The zero-order valence-corrected chi connectivity index (χ0v) is 22.6. The molecule has 3 rings (SSSR count). The van der Waals surface area contributed by atoms with E-state index in [1.54, 1.807) is 31.4 Å². The summed E-state index contributed by atoms with van der Waals surface area (Å²) >= 11 is 0. The van der Waals surface area contributed by atoms with Gasteiger partial charge in [-0.2, -0.15) is 4.31 Å². The molecule has 1 aromatic rings. The highest BCUT2D eigenvalue weighted by Gasteiger charge is 2.43. The first-order chi connectivity index (χ1) is 15.9. The number of ether oxygens (including phenoxy) is 1. The van der Waals surface area contributed by atoms with Gasteiger partial charge in [0.1, 0.15) is 5.75 Å². The molecule has 2 saturated heterocycles. The van der Waals surface area contributed by atoms with Crippen LogP contribution in [0.4, 0.5) is 0 Å². The molecule has 1 aromatic carbocycles. The van der Waals surface area contributed by atoms with E-state index in [4.69, 9.17) is 4.74 Å². The summed E-state index contributed by atoms with van der Waals surface area (Å²) in [6, 6.07) is 6.69. The SMILES string of the molecule is CCCCN(C(=O)C1CCN(S(=O)(=O)c2ccc(OC)cc2)CC1)C1CC(C)(C)NC(C)(C)C1. The molecule has 1 N–H and O–H groups in total. The number of nitrogens with zero attached hydrogens (tertiary/aromatic N) is 2. The fraction of sp³-hybridized carbons (Fsp3) is 0.731. The molecule has 0 radical (unpaired) electrons. The van der Waals surface area contributed by atoms with Crippen LogP contribution in [0.5, 0.6) is 5.75 Å². The molecule has 8 heteroatoms. The van der Waals surface area contributed by atoms with Crippen molar-refractivity contribution >= 4 is 15.9 Å². The van der Waals surface area contributed by atoms with Crippen LogP contribution in [0, 0.1) is 5.92 Å². The Hall–Kier alpha value is -1.64. The van der Waals surface area contributed by atoms with E-state index in [-0.39, 0.29) is 33.8 Å². The summed E-state index contributed by atoms with van der Waals surface area (Å²) in [6.45, 7) is 12.5. The predicted molar refractivity (Wildman–Crippen MR) is 135 cm³/mol. The van der Waals surface area contributed by atoms with Crippen LogP contribution in [0.15, 0.2) is 29.2 Å². The molecule has 0 saturated carbocycles. The van der Waals surface area contributed by atoms with Gasteiger partial charge in [0.2, 0.25) is 15.9 Å². The summed E-state index contributed by atoms with van der Waals surface area (Å²) in [5.41, 5.74) is -0.0695. The summed E-state index contributed by atoms with van der Waals surface area (Å²) in [4.78, 5) is 16.1. The minimum Gasteiger partial charge on any atom is -0.497 e. The Morgan fingerprint density at radius 1 is 1.09 bits per heavy atom. The summed E-state index contributed by atoms with van der Waals surface area (Å²) < 4.78 is 32.9. The first-order valence-electron chi connectivity index (χ1n) is 12.6. The van der Waals surface area contributed by atoms with E-state index in [1.807, 2.05) is 0 Å². The van der Waals surface area contributed by atoms with Crippen LogP contribution in [0.2, 0.25) is 0 Å². The summed E-state index contributed by atoms with van der Waals surface area (Å²) in [5.74, 6) is 0.702. The standard InChI is InChI=1S/C26H43N3O4S/c1-7-8-15-29(21-18-25(2,3)27-26(4,5)19-21)24(30)20-13-16-28(17-14-20)34(31,32)23-11-9-22(33-6)10-12-23/h9-12,20-21,27H,7-8,13-19H2,1-6H3. The number of nitrogens with one attached hydrogen (secondary N) is 1. The Balaban J connectivity index is 1.70. The molecule has 2 aliphatic heterocycles. The van der Waals surface area contributed by atoms with Gasteiger partial charge >= 0.3 is 0 Å². The molecule has 2 heterocycles. The molecule has 0 atom stereocenters. The lowest BCUT2D eigenvalue weighted by atomic mass is 9.78. The van der Waals surface area contributed by atoms with E-state index in [0.717, 1.165) is 32.2 Å². The summed E-state index contributed by atoms with van der Waals surface area (Å²) in [7, 11) is -2.02. The van der Waals surface area contributed by atoms with Crippen LogP contribution >= 0.6 is 0 Å². The third-order valence-corrected chi connectivity index (χ3v) is 9.06. The molecule has 0 spiro atoms. The van der Waals surface area contributed by atoms with E-state index in [1.165, 1.54) is 4.31 Å². The average molecular weight is 494 g/mol. The van der Waals surface area contributed by atoms with Gasteiger partial charge in [-0.1, -0.05) is 13.3 Å². The lowest BCUT2D eigenvalue weighted by Gasteiger charge is -2.50. The number of hydrogen-bond acceptors (Lipinski definition) is 5. The largest absolute Gasteiger partial charge is 0.497 e. The van der Waals surface area contributed by atoms with Gasteiger partial charge in [0.15, 0.2) is 0 Å². The van der Waals surface area contributed by atoms with Crippen LogP contribution in [0.25, 0.3) is 0 Å². The van der Waals surface area contributed by atoms with Gasteiger partial charge in [0.05, 0.1) is 12.0 Å². The lowest BCUT2D eigenvalue weighted by molar-refractivity contribution is -0.141. The fourth-order valence-electron chi connectivity index (χ4n) is 5.76. The van der Waals surface area contributed by atoms with E-state index in [0.29, 0.717) is 31.7 Å². The molecule has 0 bridgehead atoms. The van der Waals surface area contributed by atoms with Gasteiger partial charge in [0, 0.05) is 42.7 Å². The first-order valence-corrected chi connectivity index (χ1v) is 14.1. The molecule has 0 unspecified atom stereocenters. The number of rotatable bonds is 8. The second-order valence-electron chi connectivity index (χ2n) is 11.2. The van der Waals surface area contributed by atoms with Gasteiger partial charge in [-0.3, -0.25) is 4.79 Å². The van der Waals surface area contributed by atoms with Crippen molar-refractivity contribution in [1.29, 1.82) is 0 Å². The number of unbranched alkanes of at least 4 members (excludes halogenated alkanes) is 1. The highest BCUT2D eigenvalue weighted by molar-refractivity contribution is 7.89. The Morgan fingerprint density at radius 2 is 1.65 bits per heavy atom. The molecule has 2 fully saturated rings. The number of hydrogen-bond donors (Lipinski definition) is 1. The normalized spacial score (nSPS) is 21.8. The van der Waals surface area contributed by atoms with Gasteiger partial charge < -0.3 is 15.0 Å². The van der Waals surface area contributed by atoms with Crippen molar-refractivity contribution in [2.75, 3.05) is 26.7 Å². The highest BCUT2D eigenvalue weighted by Crippen LogP contribution is 2.34. The Morgan fingerprint density at radius 3 is 2.15 bits per heavy atom. The molecular weight excluding hydrogens is 450 g/mol. The van der Waals surface area contributed by atoms with Crippen LogP contribution in [0.3, 0.4) is 0 Å². The topological polar surface area (TPSA) is 79.0 Å². The quantitative estimate of drug-likeness (QED) is 0.591. The molecule has 0 aliphatic carbocycles. The molecule has 2 aliphatic rings. The van der Waals surface area contributed by atoms with Crippen LogP contribution < -0.4 is 10.1 Å². The van der Waals surface area contributed by atoms with Gasteiger partial charge in [-0.25, -0.2) is 8.42 Å². The van der Waals surface area contributed by atoms with Crippen molar-refractivity contribution in [3.8, 4) is 5.75 Å². The van der Waals surface area contributed by atoms with Crippen molar-refractivity contribution in [3.05, 3.63) is 24.3 Å². The van der Waals surface area contributed by atoms with Crippen LogP contribution in [-0.2, 0) is 14.8 Å². The Bertz CT molecular complexity index is 919. The summed E-state index contributed by atoms with van der Waals surface area (Å²) in [6.07, 6.45) is 5.01. The molecule has 7 nitrogen and oxygen atoms in total. The number of methoxy groups -OCH3 is 1. The number of benzene rings is 1. The van der Waals surface area contributed by atoms with Crippen molar-refractivity contribution in [1.82, 2.24) is 14.5 Å².